The highest BCUT2D eigenvalue weighted by atomic mass is 31.2. The molecule has 0 rings (SSSR count). The minimum Gasteiger partial charge on any atom is -0.563 e. The van der Waals surface area contributed by atoms with Crippen LogP contribution in [0, 0.1) is 0 Å². The molecule has 2 atom stereocenters. The van der Waals surface area contributed by atoms with Crippen molar-refractivity contribution < 1.29 is 76.1 Å². The second-order valence-corrected chi connectivity index (χ2v) is 8.04. The first-order valence-corrected chi connectivity index (χ1v) is 14.1. The van der Waals surface area contributed by atoms with Gasteiger partial charge in [0.2, 0.25) is 0 Å². The number of rotatable bonds is 30. The van der Waals surface area contributed by atoms with Crippen molar-refractivity contribution in [3.63, 3.8) is 0 Å². The zero-order valence-electron chi connectivity index (χ0n) is 21.6. The lowest BCUT2D eigenvalue weighted by Gasteiger charge is -2.08. The Balaban J connectivity index is 0. The fraction of sp³-hybridized carbons (Fsp3) is 1.00. The van der Waals surface area contributed by atoms with E-state index < -0.39 is 16.5 Å². The van der Waals surface area contributed by atoms with Crippen molar-refractivity contribution in [2.45, 2.75) is 0 Å². The second kappa shape index (κ2) is 36.6. The topological polar surface area (TPSA) is 213 Å². The monoisotopic (exact) mass is 600 g/mol. The highest BCUT2D eigenvalue weighted by molar-refractivity contribution is 7.44. The van der Waals surface area contributed by atoms with E-state index in [-0.39, 0.29) is 13.2 Å². The third-order valence-electron chi connectivity index (χ3n) is 3.58. The van der Waals surface area contributed by atoms with Gasteiger partial charge in [0.15, 0.2) is 0 Å². The molecule has 0 aliphatic carbocycles. The highest BCUT2D eigenvalue weighted by Crippen LogP contribution is 2.24. The summed E-state index contributed by atoms with van der Waals surface area (Å²) in [6.07, 6.45) is 0. The zero-order valence-corrected chi connectivity index (χ0v) is 23.4. The molecule has 0 spiro atoms. The van der Waals surface area contributed by atoms with E-state index in [2.05, 4.69) is 4.31 Å². The van der Waals surface area contributed by atoms with Gasteiger partial charge in [0.1, 0.15) is 4.31 Å². The van der Waals surface area contributed by atoms with Crippen LogP contribution in [0.25, 0.3) is 0 Å². The third-order valence-corrected chi connectivity index (χ3v) is 4.65. The van der Waals surface area contributed by atoms with Gasteiger partial charge < -0.3 is 62.6 Å². The van der Waals surface area contributed by atoms with Crippen LogP contribution < -0.4 is 9.79 Å². The van der Waals surface area contributed by atoms with E-state index in [0.717, 1.165) is 0 Å². The van der Waals surface area contributed by atoms with E-state index in [9.17, 15) is 18.9 Å². The van der Waals surface area contributed by atoms with Crippen LogP contribution in [-0.2, 0) is 56.1 Å². The van der Waals surface area contributed by atoms with Crippen LogP contribution in [0.5, 0.6) is 0 Å². The summed E-state index contributed by atoms with van der Waals surface area (Å²) in [6, 6.07) is 0. The molecule has 0 amide bonds. The molecule has 0 aromatic heterocycles. The molecule has 2 unspecified atom stereocenters. The summed E-state index contributed by atoms with van der Waals surface area (Å²) in [5, 5.41) is 17.1. The van der Waals surface area contributed by atoms with E-state index >= 15 is 0 Å². The van der Waals surface area contributed by atoms with Crippen LogP contribution in [0.15, 0.2) is 0 Å². The minimum atomic E-state index is -3.24. The summed E-state index contributed by atoms with van der Waals surface area (Å²) >= 11 is 0. The van der Waals surface area contributed by atoms with Gasteiger partial charge in [-0.3, -0.25) is 0 Å². The molecule has 0 bridgehead atoms. The van der Waals surface area contributed by atoms with Crippen LogP contribution in [0.4, 0.5) is 0 Å². The van der Waals surface area contributed by atoms with Crippen molar-refractivity contribution in [3.05, 3.63) is 0 Å². The normalized spacial score (nSPS) is 11.8. The molecule has 0 fully saturated rings. The van der Waals surface area contributed by atoms with Crippen LogP contribution in [0.1, 0.15) is 0 Å². The standard InChI is InChI=1S/C20H42O11.O5P2/c21-1-3-23-5-7-25-9-11-27-13-15-29-17-19-31-20-18-30-16-14-28-12-10-26-8-6-24-4-2-22;1-6(2)5-7(3)4/h21-22H,1-20H2;. The van der Waals surface area contributed by atoms with Crippen molar-refractivity contribution in [2.75, 3.05) is 132 Å². The average Bonchev–Trinajstić information content (AvgIpc) is 2.88. The van der Waals surface area contributed by atoms with Gasteiger partial charge >= 0.3 is 16.5 Å². The Hall–Kier alpha value is -0.360. The van der Waals surface area contributed by atoms with Gasteiger partial charge in [0.25, 0.3) is 0 Å². The van der Waals surface area contributed by atoms with Gasteiger partial charge in [-0.1, -0.05) is 0 Å². The van der Waals surface area contributed by atoms with E-state index in [4.69, 9.17) is 52.8 Å². The first kappa shape index (κ1) is 39.8. The first-order valence-electron chi connectivity index (χ1n) is 11.9. The van der Waals surface area contributed by atoms with Crippen LogP contribution >= 0.6 is 16.5 Å². The summed E-state index contributed by atoms with van der Waals surface area (Å²) in [7, 11) is -6.47. The molecule has 0 radical (unpaired) electrons. The molecule has 0 aromatic carbocycles. The summed E-state index contributed by atoms with van der Waals surface area (Å²) < 4.78 is 69.3. The Labute approximate surface area is 225 Å². The second-order valence-electron chi connectivity index (χ2n) is 6.49. The van der Waals surface area contributed by atoms with Gasteiger partial charge in [0.05, 0.1) is 132 Å². The SMILES string of the molecule is O=[P+]([O-])O[P+](=O)[O-].OCCOCCOCCOCCOCCOCCOCCOCCOCCOCCO. The molecular weight excluding hydrogens is 558 g/mol. The Morgan fingerprint density at radius 2 is 0.526 bits per heavy atom. The molecule has 228 valence electrons. The summed E-state index contributed by atoms with van der Waals surface area (Å²) in [4.78, 5) is 18.5. The Morgan fingerprint density at radius 3 is 0.632 bits per heavy atom. The van der Waals surface area contributed by atoms with Gasteiger partial charge in [0, 0.05) is 0 Å². The third kappa shape index (κ3) is 42.7. The summed E-state index contributed by atoms with van der Waals surface area (Å²) in [5.41, 5.74) is 0. The molecular formula is C20H42O16P2. The van der Waals surface area contributed by atoms with Gasteiger partial charge in [-0.2, -0.15) is 0 Å². The molecule has 18 heteroatoms. The molecule has 0 aliphatic heterocycles. The molecule has 2 N–H and O–H groups in total. The van der Waals surface area contributed by atoms with Gasteiger partial charge in [-0.05, 0) is 9.13 Å². The number of aliphatic hydroxyl groups excluding tert-OH is 2. The van der Waals surface area contributed by atoms with Crippen molar-refractivity contribution in [1.82, 2.24) is 0 Å². The number of aliphatic hydroxyl groups is 2. The van der Waals surface area contributed by atoms with E-state index in [0.29, 0.717) is 119 Å². The van der Waals surface area contributed by atoms with Crippen molar-refractivity contribution in [2.24, 2.45) is 0 Å². The van der Waals surface area contributed by atoms with Crippen LogP contribution in [0.2, 0.25) is 0 Å². The van der Waals surface area contributed by atoms with Gasteiger partial charge in [-0.25, -0.2) is 0 Å². The summed E-state index contributed by atoms with van der Waals surface area (Å²) in [6.45, 7) is 8.77. The fourth-order valence-corrected chi connectivity index (χ4v) is 2.48. The number of hydrogen-bond acceptors (Lipinski definition) is 16. The lowest BCUT2D eigenvalue weighted by molar-refractivity contribution is -0.198. The Kier molecular flexibility index (Phi) is 38.4. The van der Waals surface area contributed by atoms with Crippen molar-refractivity contribution in [3.8, 4) is 0 Å². The molecule has 0 heterocycles. The minimum absolute atomic E-state index is 0.0278. The lowest BCUT2D eigenvalue weighted by Crippen LogP contribution is -2.15. The maximum Gasteiger partial charge on any atom is 0.543 e. The predicted octanol–water partition coefficient (Wildman–Crippen LogP) is -1.84. The van der Waals surface area contributed by atoms with E-state index in [1.807, 2.05) is 0 Å². The van der Waals surface area contributed by atoms with E-state index in [1.165, 1.54) is 0 Å². The van der Waals surface area contributed by atoms with Gasteiger partial charge in [-0.15, -0.1) is 0 Å². The molecule has 0 saturated heterocycles. The predicted molar refractivity (Wildman–Crippen MR) is 128 cm³/mol. The first-order chi connectivity index (χ1) is 18.5. The Bertz CT molecular complexity index is 452. The molecule has 0 saturated carbocycles. The maximum absolute atomic E-state index is 9.24. The fourth-order valence-electron chi connectivity index (χ4n) is 2.04. The molecule has 38 heavy (non-hydrogen) atoms. The Morgan fingerprint density at radius 1 is 0.368 bits per heavy atom. The molecule has 16 nitrogen and oxygen atoms in total. The van der Waals surface area contributed by atoms with Crippen LogP contribution in [0.3, 0.4) is 0 Å². The highest BCUT2D eigenvalue weighted by Gasteiger charge is 2.14. The lowest BCUT2D eigenvalue weighted by atomic mass is 10.6. The number of ether oxygens (including phenoxy) is 9. The maximum atomic E-state index is 9.24. The van der Waals surface area contributed by atoms with Crippen molar-refractivity contribution in [1.29, 1.82) is 0 Å². The quantitative estimate of drug-likeness (QED) is 0.0684. The average molecular weight is 600 g/mol. The molecule has 0 aliphatic rings. The zero-order chi connectivity index (χ0) is 28.4. The van der Waals surface area contributed by atoms with E-state index in [1.54, 1.807) is 0 Å². The summed E-state index contributed by atoms with van der Waals surface area (Å²) in [5.74, 6) is 0. The number of hydrogen-bond donors (Lipinski definition) is 2. The largest absolute Gasteiger partial charge is 0.563 e. The van der Waals surface area contributed by atoms with Crippen LogP contribution in [-0.4, -0.2) is 142 Å². The molecule has 0 aromatic rings. The smallest absolute Gasteiger partial charge is 0.543 e. The van der Waals surface area contributed by atoms with Crippen molar-refractivity contribution >= 4 is 16.5 Å².